The summed E-state index contributed by atoms with van der Waals surface area (Å²) in [6.45, 7) is 1.11. The van der Waals surface area contributed by atoms with Crippen molar-refractivity contribution in [2.45, 2.75) is 19.1 Å². The Hall–Kier alpha value is -2.47. The minimum atomic E-state index is -0.557. The summed E-state index contributed by atoms with van der Waals surface area (Å²) in [7, 11) is 4.00. The van der Waals surface area contributed by atoms with Gasteiger partial charge in [0.1, 0.15) is 24.7 Å². The third-order valence-electron chi connectivity index (χ3n) is 4.26. The zero-order valence-electron chi connectivity index (χ0n) is 14.4. The fraction of sp³-hybridized carbons (Fsp3) is 0.316. The number of anilines is 1. The molecule has 0 bridgehead atoms. The van der Waals surface area contributed by atoms with Crippen LogP contribution in [0.5, 0.6) is 0 Å². The van der Waals surface area contributed by atoms with Crippen LogP contribution in [0.1, 0.15) is 17.5 Å². The highest BCUT2D eigenvalue weighted by atomic mass is 19.1. The van der Waals surface area contributed by atoms with Crippen LogP contribution in [0.15, 0.2) is 47.6 Å². The van der Waals surface area contributed by atoms with Gasteiger partial charge in [0.2, 0.25) is 0 Å². The van der Waals surface area contributed by atoms with Gasteiger partial charge in [-0.05, 0) is 29.8 Å². The Morgan fingerprint density at radius 1 is 1.16 bits per heavy atom. The minimum absolute atomic E-state index is 0.0352. The molecule has 0 fully saturated rings. The van der Waals surface area contributed by atoms with Crippen molar-refractivity contribution in [3.05, 3.63) is 65.2 Å². The average molecular weight is 346 g/mol. The lowest BCUT2D eigenvalue weighted by Crippen LogP contribution is -2.84. The predicted octanol–water partition coefficient (Wildman–Crippen LogP) is 2.29. The summed E-state index contributed by atoms with van der Waals surface area (Å²) >= 11 is 0. The molecule has 1 aliphatic heterocycles. The van der Waals surface area contributed by atoms with Crippen molar-refractivity contribution >= 4 is 11.4 Å². The van der Waals surface area contributed by atoms with Gasteiger partial charge in [-0.2, -0.15) is 0 Å². The molecule has 25 heavy (non-hydrogen) atoms. The van der Waals surface area contributed by atoms with Gasteiger partial charge in [-0.15, -0.1) is 0 Å². The Balaban J connectivity index is 1.49. The van der Waals surface area contributed by atoms with Gasteiger partial charge < -0.3 is 15.1 Å². The molecule has 132 valence electrons. The van der Waals surface area contributed by atoms with Crippen LogP contribution in [0, 0.1) is 11.6 Å². The summed E-state index contributed by atoms with van der Waals surface area (Å²) in [6, 6.07) is 11.8. The second kappa shape index (κ2) is 7.61. The topological polar surface area (TPSA) is 41.4 Å². The van der Waals surface area contributed by atoms with Gasteiger partial charge in [0.15, 0.2) is 6.10 Å². The Labute approximate surface area is 146 Å². The molecule has 0 spiro atoms. The van der Waals surface area contributed by atoms with E-state index in [-0.39, 0.29) is 6.10 Å². The standard InChI is InChI=1S/C19H21F2N3O/c1-24(2)16-7-4-13(5-8-16)19-10-17(25-23-19)12-22-11-14-3-6-15(20)9-18(14)21/h3-9,17,22H,10-12H2,1-2H3/p+1/t17-/m1/s1. The van der Waals surface area contributed by atoms with E-state index in [0.717, 1.165) is 29.4 Å². The van der Waals surface area contributed by atoms with E-state index in [4.69, 9.17) is 4.84 Å². The molecule has 0 amide bonds. The first kappa shape index (κ1) is 17.4. The van der Waals surface area contributed by atoms with Crippen LogP contribution in [0.2, 0.25) is 0 Å². The van der Waals surface area contributed by atoms with Crippen LogP contribution < -0.4 is 10.2 Å². The third kappa shape index (κ3) is 4.33. The van der Waals surface area contributed by atoms with Gasteiger partial charge in [-0.25, -0.2) is 8.78 Å². The number of oxime groups is 1. The van der Waals surface area contributed by atoms with Crippen LogP contribution >= 0.6 is 0 Å². The van der Waals surface area contributed by atoms with Gasteiger partial charge in [0.05, 0.1) is 5.71 Å². The van der Waals surface area contributed by atoms with Gasteiger partial charge in [-0.3, -0.25) is 0 Å². The molecule has 1 atom stereocenters. The van der Waals surface area contributed by atoms with Crippen molar-refractivity contribution in [3.8, 4) is 0 Å². The number of benzene rings is 2. The van der Waals surface area contributed by atoms with Gasteiger partial charge in [0.25, 0.3) is 0 Å². The molecule has 0 unspecified atom stereocenters. The second-order valence-corrected chi connectivity index (χ2v) is 6.38. The minimum Gasteiger partial charge on any atom is -0.386 e. The predicted molar refractivity (Wildman–Crippen MR) is 93.7 cm³/mol. The monoisotopic (exact) mass is 346 g/mol. The Kier molecular flexibility index (Phi) is 5.28. The Morgan fingerprint density at radius 2 is 1.92 bits per heavy atom. The zero-order chi connectivity index (χ0) is 17.8. The number of quaternary nitrogens is 1. The van der Waals surface area contributed by atoms with Crippen molar-refractivity contribution in [2.75, 3.05) is 25.5 Å². The molecule has 1 heterocycles. The normalized spacial score (nSPS) is 16.5. The fourth-order valence-corrected chi connectivity index (χ4v) is 2.79. The Bertz CT molecular complexity index is 760. The molecule has 2 N–H and O–H groups in total. The summed E-state index contributed by atoms with van der Waals surface area (Å²) in [4.78, 5) is 7.52. The van der Waals surface area contributed by atoms with E-state index in [0.29, 0.717) is 18.7 Å². The second-order valence-electron chi connectivity index (χ2n) is 6.38. The number of halogens is 2. The molecular weight excluding hydrogens is 324 g/mol. The average Bonchev–Trinajstić information content (AvgIpc) is 3.06. The van der Waals surface area contributed by atoms with Crippen molar-refractivity contribution in [2.24, 2.45) is 5.16 Å². The van der Waals surface area contributed by atoms with Crippen LogP contribution in [-0.2, 0) is 11.4 Å². The smallest absolute Gasteiger partial charge is 0.181 e. The third-order valence-corrected chi connectivity index (χ3v) is 4.26. The number of hydrogen-bond donors (Lipinski definition) is 1. The van der Waals surface area contributed by atoms with Crippen molar-refractivity contribution < 1.29 is 18.9 Å². The van der Waals surface area contributed by atoms with Gasteiger partial charge >= 0.3 is 0 Å². The molecule has 4 nitrogen and oxygen atoms in total. The van der Waals surface area contributed by atoms with E-state index in [1.54, 1.807) is 0 Å². The molecule has 1 aliphatic rings. The highest BCUT2D eigenvalue weighted by Gasteiger charge is 2.23. The molecule has 6 heteroatoms. The maximum absolute atomic E-state index is 13.6. The van der Waals surface area contributed by atoms with E-state index in [1.807, 2.05) is 36.4 Å². The summed E-state index contributed by atoms with van der Waals surface area (Å²) in [5, 5.41) is 6.13. The van der Waals surface area contributed by atoms with Gasteiger partial charge in [0, 0.05) is 37.8 Å². The van der Waals surface area contributed by atoms with Crippen LogP contribution in [0.4, 0.5) is 14.5 Å². The quantitative estimate of drug-likeness (QED) is 0.872. The van der Waals surface area contributed by atoms with E-state index in [1.165, 1.54) is 12.1 Å². The van der Waals surface area contributed by atoms with Crippen LogP contribution in [0.25, 0.3) is 0 Å². The molecular formula is C19H22F2N3O+. The molecule has 0 aromatic heterocycles. The molecule has 0 saturated carbocycles. The van der Waals surface area contributed by atoms with E-state index >= 15 is 0 Å². The molecule has 0 radical (unpaired) electrons. The maximum Gasteiger partial charge on any atom is 0.181 e. The van der Waals surface area contributed by atoms with E-state index < -0.39 is 11.6 Å². The number of nitrogens with two attached hydrogens (primary N) is 1. The summed E-state index contributed by atoms with van der Waals surface area (Å²) < 4.78 is 26.5. The fourth-order valence-electron chi connectivity index (χ4n) is 2.79. The first-order valence-electron chi connectivity index (χ1n) is 8.29. The largest absolute Gasteiger partial charge is 0.386 e. The summed E-state index contributed by atoms with van der Waals surface area (Å²) in [5.74, 6) is -1.07. The molecule has 2 aromatic carbocycles. The Morgan fingerprint density at radius 3 is 2.60 bits per heavy atom. The number of nitrogens with zero attached hydrogens (tertiary/aromatic N) is 2. The lowest BCUT2D eigenvalue weighted by Gasteiger charge is -2.12. The molecule has 0 aliphatic carbocycles. The van der Waals surface area contributed by atoms with Crippen LogP contribution in [-0.4, -0.2) is 32.5 Å². The SMILES string of the molecule is CN(C)c1ccc(C2=NO[C@@H](C[NH2+]Cc3ccc(F)cc3F)C2)cc1. The van der Waals surface area contributed by atoms with Crippen molar-refractivity contribution in [1.29, 1.82) is 0 Å². The highest BCUT2D eigenvalue weighted by Crippen LogP contribution is 2.19. The maximum atomic E-state index is 13.6. The number of hydrogen-bond acceptors (Lipinski definition) is 3. The van der Waals surface area contributed by atoms with Crippen molar-refractivity contribution in [3.63, 3.8) is 0 Å². The lowest BCUT2D eigenvalue weighted by molar-refractivity contribution is -0.676. The van der Waals surface area contributed by atoms with Gasteiger partial charge in [-0.1, -0.05) is 17.3 Å². The molecule has 2 aromatic rings. The van der Waals surface area contributed by atoms with E-state index in [2.05, 4.69) is 17.3 Å². The first-order chi connectivity index (χ1) is 12.0. The summed E-state index contributed by atoms with van der Waals surface area (Å²) in [5.41, 5.74) is 3.60. The van der Waals surface area contributed by atoms with Crippen LogP contribution in [0.3, 0.4) is 0 Å². The number of rotatable bonds is 6. The first-order valence-corrected chi connectivity index (χ1v) is 8.29. The van der Waals surface area contributed by atoms with E-state index in [9.17, 15) is 8.78 Å². The molecule has 3 rings (SSSR count). The highest BCUT2D eigenvalue weighted by molar-refractivity contribution is 6.01. The molecule has 0 saturated heterocycles. The summed E-state index contributed by atoms with van der Waals surface area (Å²) in [6.07, 6.45) is 0.691. The van der Waals surface area contributed by atoms with Crippen molar-refractivity contribution in [1.82, 2.24) is 0 Å². The zero-order valence-corrected chi connectivity index (χ0v) is 14.4. The lowest BCUT2D eigenvalue weighted by atomic mass is 10.0.